The van der Waals surface area contributed by atoms with Crippen molar-refractivity contribution in [2.45, 2.75) is 90.9 Å². The third kappa shape index (κ3) is 14.3. The lowest BCUT2D eigenvalue weighted by molar-refractivity contribution is 0.0815. The van der Waals surface area contributed by atoms with Crippen LogP contribution in [0.2, 0.25) is 10.0 Å². The van der Waals surface area contributed by atoms with Gasteiger partial charge in [-0.15, -0.1) is 0 Å². The molecular weight excluding hydrogens is 835 g/mol. The molecule has 0 saturated carbocycles. The summed E-state index contributed by atoms with van der Waals surface area (Å²) in [7, 11) is -3.80. The molecule has 2 heterocycles. The van der Waals surface area contributed by atoms with Gasteiger partial charge in [-0.25, -0.2) is 9.36 Å². The molecule has 0 spiro atoms. The molecule has 5 aromatic rings. The van der Waals surface area contributed by atoms with Crippen LogP contribution in [-0.2, 0) is 61.3 Å². The third-order valence-electron chi connectivity index (χ3n) is 8.43. The van der Waals surface area contributed by atoms with E-state index in [9.17, 15) is 18.0 Å². The van der Waals surface area contributed by atoms with E-state index < -0.39 is 26.8 Å². The van der Waals surface area contributed by atoms with E-state index in [0.717, 1.165) is 27.8 Å². The number of nitrogens with zero attached hydrogens (tertiary/aromatic N) is 4. The highest BCUT2D eigenvalue weighted by molar-refractivity contribution is 7.86. The molecule has 0 amide bonds. The van der Waals surface area contributed by atoms with Gasteiger partial charge in [-0.05, 0) is 82.9 Å². The standard InChI is InChI=1S/C25H29ClN2O6S.C18H23ClN2O4/c1-18-5-11-21(12-6-18)35(30,31)34-14-13-32-16-19-7-9-20(10-8-19)17-33-22-15-27-28(25(2,3)4)24(29)23(22)26;1-18(2,3)21-17(23)16(19)15(10-20-21)25-12-14-6-4-13(5-7-14)11-24-9-8-22/h5-12,15H,13-14,16-17H2,1-4H3;4-7,10,22H,8-9,11-12H2,1-3H3. The van der Waals surface area contributed by atoms with Gasteiger partial charge in [0.2, 0.25) is 0 Å². The first-order chi connectivity index (χ1) is 28.3. The second kappa shape index (κ2) is 21.8. The normalized spacial score (nSPS) is 11.8. The smallest absolute Gasteiger partial charge is 0.297 e. The average molecular weight is 888 g/mol. The van der Waals surface area contributed by atoms with Gasteiger partial charge in [-0.1, -0.05) is 89.4 Å². The molecule has 0 saturated heterocycles. The quantitative estimate of drug-likeness (QED) is 0.0737. The van der Waals surface area contributed by atoms with Crippen molar-refractivity contribution >= 4 is 33.3 Å². The van der Waals surface area contributed by atoms with Crippen LogP contribution in [0.4, 0.5) is 0 Å². The molecule has 0 unspecified atom stereocenters. The molecule has 0 aliphatic carbocycles. The molecule has 0 radical (unpaired) electrons. The number of halogens is 2. The van der Waals surface area contributed by atoms with E-state index in [-0.39, 0.29) is 65.0 Å². The molecule has 1 N–H and O–H groups in total. The van der Waals surface area contributed by atoms with Gasteiger partial charge in [0.1, 0.15) is 13.2 Å². The van der Waals surface area contributed by atoms with Crippen LogP contribution < -0.4 is 20.6 Å². The molecule has 3 aromatic carbocycles. The Hall–Kier alpha value is -4.61. The minimum absolute atomic E-state index is 0.00782. The molecule has 324 valence electrons. The number of rotatable bonds is 17. The Morgan fingerprint density at radius 1 is 0.600 bits per heavy atom. The maximum Gasteiger partial charge on any atom is 0.297 e. The fourth-order valence-corrected chi connectivity index (χ4v) is 6.46. The van der Waals surface area contributed by atoms with Crippen LogP contribution in [0.3, 0.4) is 0 Å². The summed E-state index contributed by atoms with van der Waals surface area (Å²) in [6.45, 7) is 14.7. The fourth-order valence-electron chi connectivity index (χ4n) is 5.20. The van der Waals surface area contributed by atoms with E-state index in [1.54, 1.807) is 12.1 Å². The predicted octanol–water partition coefficient (Wildman–Crippen LogP) is 7.20. The largest absolute Gasteiger partial charge is 0.485 e. The van der Waals surface area contributed by atoms with E-state index in [4.69, 9.17) is 51.4 Å². The van der Waals surface area contributed by atoms with Crippen molar-refractivity contribution in [1.29, 1.82) is 0 Å². The topological polar surface area (TPSA) is 170 Å². The van der Waals surface area contributed by atoms with Crippen molar-refractivity contribution in [2.24, 2.45) is 0 Å². The van der Waals surface area contributed by atoms with E-state index in [0.29, 0.717) is 19.8 Å². The van der Waals surface area contributed by atoms with E-state index in [2.05, 4.69) is 10.2 Å². The third-order valence-corrected chi connectivity index (χ3v) is 10.5. The zero-order valence-electron chi connectivity index (χ0n) is 34.8. The highest BCUT2D eigenvalue weighted by atomic mass is 35.5. The Kier molecular flexibility index (Phi) is 17.4. The van der Waals surface area contributed by atoms with Gasteiger partial charge < -0.3 is 24.1 Å². The van der Waals surface area contributed by atoms with Gasteiger partial charge in [0.15, 0.2) is 21.5 Å². The van der Waals surface area contributed by atoms with E-state index in [1.807, 2.05) is 97.0 Å². The van der Waals surface area contributed by atoms with Crippen molar-refractivity contribution in [2.75, 3.05) is 26.4 Å². The highest BCUT2D eigenvalue weighted by Crippen LogP contribution is 2.23. The predicted molar refractivity (Wildman–Crippen MR) is 229 cm³/mol. The second-order valence-corrected chi connectivity index (χ2v) is 17.9. The lowest BCUT2D eigenvalue weighted by Gasteiger charge is -2.21. The van der Waals surface area contributed by atoms with Gasteiger partial charge in [0, 0.05) is 0 Å². The lowest BCUT2D eigenvalue weighted by Crippen LogP contribution is -2.36. The van der Waals surface area contributed by atoms with Gasteiger partial charge in [0.25, 0.3) is 21.2 Å². The molecule has 0 aliphatic rings. The van der Waals surface area contributed by atoms with E-state index in [1.165, 1.54) is 33.9 Å². The zero-order valence-corrected chi connectivity index (χ0v) is 37.1. The number of aryl methyl sites for hydroxylation is 1. The number of benzene rings is 3. The highest BCUT2D eigenvalue weighted by Gasteiger charge is 2.21. The van der Waals surface area contributed by atoms with Gasteiger partial charge >= 0.3 is 0 Å². The van der Waals surface area contributed by atoms with Crippen LogP contribution in [0.1, 0.15) is 69.4 Å². The summed E-state index contributed by atoms with van der Waals surface area (Å²) in [6, 6.07) is 21.6. The van der Waals surface area contributed by atoms with Gasteiger partial charge in [-0.3, -0.25) is 13.8 Å². The van der Waals surface area contributed by atoms with Crippen molar-refractivity contribution in [3.8, 4) is 11.5 Å². The monoisotopic (exact) mass is 886 g/mol. The summed E-state index contributed by atoms with van der Waals surface area (Å²) in [4.78, 5) is 24.8. The molecule has 0 bridgehead atoms. The number of aromatic nitrogens is 4. The SMILES string of the molecule is CC(C)(C)n1ncc(OCc2ccc(COCCO)cc2)c(Cl)c1=O.Cc1ccc(S(=O)(=O)OCCOCc2ccc(COc3cnn(C(C)(C)C)c(=O)c3Cl)cc2)cc1. The van der Waals surface area contributed by atoms with Crippen molar-refractivity contribution in [1.82, 2.24) is 19.6 Å². The summed E-state index contributed by atoms with van der Waals surface area (Å²) in [5, 5.41) is 17.0. The van der Waals surface area contributed by atoms with Crippen LogP contribution in [0.15, 0.2) is 99.7 Å². The maximum absolute atomic E-state index is 12.4. The summed E-state index contributed by atoms with van der Waals surface area (Å²) in [5.41, 5.74) is 2.97. The molecule has 0 aliphatic heterocycles. The summed E-state index contributed by atoms with van der Waals surface area (Å²) >= 11 is 12.3. The molecule has 60 heavy (non-hydrogen) atoms. The Labute approximate surface area is 360 Å². The number of ether oxygens (including phenoxy) is 4. The zero-order chi connectivity index (χ0) is 44.1. The van der Waals surface area contributed by atoms with Crippen molar-refractivity contribution < 1.29 is 36.7 Å². The van der Waals surface area contributed by atoms with Crippen LogP contribution in [-0.4, -0.2) is 59.5 Å². The molecule has 2 aromatic heterocycles. The van der Waals surface area contributed by atoms with Crippen LogP contribution in [0.25, 0.3) is 0 Å². The number of hydrogen-bond donors (Lipinski definition) is 1. The average Bonchev–Trinajstić information content (AvgIpc) is 3.19. The summed E-state index contributed by atoms with van der Waals surface area (Å²) in [5.74, 6) is 0.493. The number of hydrogen-bond acceptors (Lipinski definition) is 12. The summed E-state index contributed by atoms with van der Waals surface area (Å²) in [6.07, 6.45) is 2.91. The Balaban J connectivity index is 0.000000280. The maximum atomic E-state index is 12.4. The van der Waals surface area contributed by atoms with Crippen LogP contribution in [0.5, 0.6) is 11.5 Å². The Morgan fingerprint density at radius 2 is 0.983 bits per heavy atom. The van der Waals surface area contributed by atoms with Crippen LogP contribution in [0, 0.1) is 6.92 Å². The molecule has 5 rings (SSSR count). The van der Waals surface area contributed by atoms with Crippen molar-refractivity contribution in [3.63, 3.8) is 0 Å². The first-order valence-corrected chi connectivity index (χ1v) is 21.2. The first kappa shape index (κ1) is 48.1. The van der Waals surface area contributed by atoms with Crippen LogP contribution >= 0.6 is 23.2 Å². The molecule has 14 nitrogen and oxygen atoms in total. The number of aliphatic hydroxyl groups excluding tert-OH is 1. The Bertz CT molecular complexity index is 2380. The fraction of sp³-hybridized carbons (Fsp3) is 0.395. The summed E-state index contributed by atoms with van der Waals surface area (Å²) < 4.78 is 54.1. The van der Waals surface area contributed by atoms with E-state index >= 15 is 0 Å². The van der Waals surface area contributed by atoms with Gasteiger partial charge in [-0.2, -0.15) is 18.6 Å². The second-order valence-electron chi connectivity index (χ2n) is 15.5. The minimum Gasteiger partial charge on any atom is -0.485 e. The molecular formula is C43H52Cl2N4O10S. The first-order valence-electron chi connectivity index (χ1n) is 19.0. The van der Waals surface area contributed by atoms with Gasteiger partial charge in [0.05, 0.1) is 68.0 Å². The molecule has 0 fully saturated rings. The van der Waals surface area contributed by atoms with Crippen molar-refractivity contribution in [3.05, 3.63) is 144 Å². The Morgan fingerprint density at radius 3 is 1.37 bits per heavy atom. The number of aliphatic hydroxyl groups is 1. The molecule has 0 atom stereocenters. The molecule has 17 heteroatoms. The lowest BCUT2D eigenvalue weighted by atomic mass is 10.1. The minimum atomic E-state index is -3.80.